The van der Waals surface area contributed by atoms with Crippen molar-refractivity contribution in [2.75, 3.05) is 12.4 Å². The zero-order valence-corrected chi connectivity index (χ0v) is 18.3. The maximum absolute atomic E-state index is 13.8. The van der Waals surface area contributed by atoms with Crippen LogP contribution in [0.15, 0.2) is 42.5 Å². The van der Waals surface area contributed by atoms with Crippen molar-refractivity contribution in [3.8, 4) is 5.75 Å². The molecule has 0 aliphatic heterocycles. The molecule has 1 aliphatic rings. The van der Waals surface area contributed by atoms with Crippen LogP contribution in [-0.4, -0.2) is 29.7 Å². The van der Waals surface area contributed by atoms with Gasteiger partial charge in [-0.05, 0) is 30.3 Å². The highest BCUT2D eigenvalue weighted by Crippen LogP contribution is 2.32. The monoisotopic (exact) mass is 471 g/mol. The van der Waals surface area contributed by atoms with Crippen molar-refractivity contribution in [1.29, 1.82) is 0 Å². The van der Waals surface area contributed by atoms with Gasteiger partial charge in [0.15, 0.2) is 22.5 Å². The maximum Gasteiger partial charge on any atom is 0.257 e. The molecular weight excluding hydrogens is 452 g/mol. The number of halogens is 2. The number of benzene rings is 2. The topological polar surface area (TPSA) is 97.4 Å². The van der Waals surface area contributed by atoms with Gasteiger partial charge in [0, 0.05) is 30.5 Å². The minimum Gasteiger partial charge on any atom is -0.497 e. The summed E-state index contributed by atoms with van der Waals surface area (Å²) in [5.74, 6) is -3.17. The zero-order valence-electron chi connectivity index (χ0n) is 17.5. The number of nitrogens with zero attached hydrogens (tertiary/aromatic N) is 1. The number of ketones is 1. The molecule has 0 saturated heterocycles. The molecule has 10 heteroatoms. The Labute approximate surface area is 191 Å². The zero-order chi connectivity index (χ0) is 23.5. The predicted molar refractivity (Wildman–Crippen MR) is 117 cm³/mol. The van der Waals surface area contributed by atoms with Crippen LogP contribution in [0.25, 0.3) is 0 Å². The van der Waals surface area contributed by atoms with Crippen LogP contribution >= 0.6 is 11.3 Å². The second-order valence-electron chi connectivity index (χ2n) is 7.44. The summed E-state index contributed by atoms with van der Waals surface area (Å²) in [7, 11) is 1.53. The highest BCUT2D eigenvalue weighted by molar-refractivity contribution is 7.17. The number of rotatable bonds is 6. The van der Waals surface area contributed by atoms with E-state index in [1.165, 1.54) is 19.2 Å². The van der Waals surface area contributed by atoms with Crippen molar-refractivity contribution in [2.45, 2.75) is 19.4 Å². The number of aromatic nitrogens is 1. The molecule has 3 aromatic rings. The second kappa shape index (κ2) is 9.45. The van der Waals surface area contributed by atoms with Crippen molar-refractivity contribution >= 4 is 34.1 Å². The van der Waals surface area contributed by atoms with Gasteiger partial charge in [0.1, 0.15) is 5.75 Å². The lowest BCUT2D eigenvalue weighted by atomic mass is 9.89. The number of amides is 2. The van der Waals surface area contributed by atoms with E-state index in [4.69, 9.17) is 4.74 Å². The molecule has 4 rings (SSSR count). The molecule has 1 unspecified atom stereocenters. The van der Waals surface area contributed by atoms with E-state index in [1.807, 2.05) is 0 Å². The van der Waals surface area contributed by atoms with E-state index in [-0.39, 0.29) is 41.8 Å². The largest absolute Gasteiger partial charge is 0.497 e. The molecule has 7 nitrogen and oxygen atoms in total. The molecule has 0 fully saturated rings. The van der Waals surface area contributed by atoms with Crippen LogP contribution in [0.5, 0.6) is 5.75 Å². The highest BCUT2D eigenvalue weighted by Gasteiger charge is 2.33. The fourth-order valence-corrected chi connectivity index (χ4v) is 4.43. The lowest BCUT2D eigenvalue weighted by Gasteiger charge is -2.19. The van der Waals surface area contributed by atoms with E-state index in [0.717, 1.165) is 17.4 Å². The van der Waals surface area contributed by atoms with Crippen molar-refractivity contribution < 1.29 is 27.9 Å². The average Bonchev–Trinajstić information content (AvgIpc) is 3.23. The smallest absolute Gasteiger partial charge is 0.257 e. The van der Waals surface area contributed by atoms with Crippen molar-refractivity contribution in [1.82, 2.24) is 10.3 Å². The van der Waals surface area contributed by atoms with Crippen molar-refractivity contribution in [3.63, 3.8) is 0 Å². The minimum absolute atomic E-state index is 0.0170. The van der Waals surface area contributed by atoms with Crippen LogP contribution < -0.4 is 15.4 Å². The number of nitrogens with one attached hydrogen (secondary N) is 2. The SMILES string of the molecule is COc1ccc(C(=O)Nc2nc3c(s2)C(=O)CC(C(=O)NCc2cccc(F)c2F)C3)cc1. The Morgan fingerprint density at radius 2 is 1.91 bits per heavy atom. The molecule has 0 bridgehead atoms. The van der Waals surface area contributed by atoms with Crippen molar-refractivity contribution in [3.05, 3.63) is 75.8 Å². The standard InChI is InChI=1S/C23H19F2N3O4S/c1-32-15-7-5-12(6-8-15)22(31)28-23-27-17-9-14(10-18(29)20(17)33-23)21(30)26-11-13-3-2-4-16(24)19(13)25/h2-8,14H,9-11H2,1H3,(H,26,30)(H,27,28,31). The van der Waals surface area contributed by atoms with Gasteiger partial charge in [-0.15, -0.1) is 0 Å². The van der Waals surface area contributed by atoms with E-state index in [1.54, 1.807) is 24.3 Å². The fraction of sp³-hybridized carbons (Fsp3) is 0.217. The number of ether oxygens (including phenoxy) is 1. The Bertz CT molecular complexity index is 1230. The summed E-state index contributed by atoms with van der Waals surface area (Å²) in [6, 6.07) is 10.3. The fourth-order valence-electron chi connectivity index (χ4n) is 3.49. The van der Waals surface area contributed by atoms with E-state index in [0.29, 0.717) is 21.9 Å². The van der Waals surface area contributed by atoms with Crippen LogP contribution in [0, 0.1) is 17.6 Å². The number of fused-ring (bicyclic) bond motifs is 1. The molecular formula is C23H19F2N3O4S. The third-order valence-corrected chi connectivity index (χ3v) is 6.30. The van der Waals surface area contributed by atoms with Gasteiger partial charge in [0.2, 0.25) is 5.91 Å². The minimum atomic E-state index is -1.02. The molecule has 1 heterocycles. The Kier molecular flexibility index (Phi) is 6.45. The Balaban J connectivity index is 1.41. The number of carbonyl (C=O) groups is 3. The summed E-state index contributed by atoms with van der Waals surface area (Å²) in [5.41, 5.74) is 0.846. The van der Waals surface area contributed by atoms with Gasteiger partial charge in [-0.1, -0.05) is 23.5 Å². The molecule has 1 aromatic heterocycles. The summed E-state index contributed by atoms with van der Waals surface area (Å²) in [6.07, 6.45) is 0.173. The Morgan fingerprint density at radius 3 is 2.64 bits per heavy atom. The highest BCUT2D eigenvalue weighted by atomic mass is 32.1. The summed E-state index contributed by atoms with van der Waals surface area (Å²) in [6.45, 7) is -0.194. The third-order valence-electron chi connectivity index (χ3n) is 5.25. The Morgan fingerprint density at radius 1 is 1.15 bits per heavy atom. The molecule has 0 radical (unpaired) electrons. The maximum atomic E-state index is 13.8. The molecule has 2 N–H and O–H groups in total. The van der Waals surface area contributed by atoms with Crippen LogP contribution in [0.3, 0.4) is 0 Å². The first kappa shape index (κ1) is 22.5. The van der Waals surface area contributed by atoms with Gasteiger partial charge >= 0.3 is 0 Å². The average molecular weight is 471 g/mol. The lowest BCUT2D eigenvalue weighted by molar-refractivity contribution is -0.125. The number of hydrogen-bond acceptors (Lipinski definition) is 6. The quantitative estimate of drug-likeness (QED) is 0.571. The molecule has 0 spiro atoms. The number of thiazole rings is 1. The third kappa shape index (κ3) is 4.90. The van der Waals surface area contributed by atoms with Crippen LogP contribution in [0.1, 0.15) is 37.7 Å². The number of carbonyl (C=O) groups excluding carboxylic acids is 3. The van der Waals surface area contributed by atoms with E-state index in [9.17, 15) is 23.2 Å². The molecule has 1 atom stereocenters. The molecule has 0 saturated carbocycles. The molecule has 33 heavy (non-hydrogen) atoms. The summed E-state index contributed by atoms with van der Waals surface area (Å²) < 4.78 is 32.2. The van der Waals surface area contributed by atoms with E-state index < -0.39 is 23.5 Å². The number of hydrogen-bond donors (Lipinski definition) is 2. The first-order valence-corrected chi connectivity index (χ1v) is 10.9. The predicted octanol–water partition coefficient (Wildman–Crippen LogP) is 3.74. The van der Waals surface area contributed by atoms with Gasteiger partial charge in [-0.3, -0.25) is 19.7 Å². The van der Waals surface area contributed by atoms with E-state index in [2.05, 4.69) is 15.6 Å². The first-order chi connectivity index (χ1) is 15.9. The van der Waals surface area contributed by atoms with Gasteiger partial charge in [0.25, 0.3) is 5.91 Å². The number of Topliss-reactive ketones (excluding diaryl/α,β-unsaturated/α-hetero) is 1. The van der Waals surface area contributed by atoms with Crippen LogP contribution in [0.4, 0.5) is 13.9 Å². The number of methoxy groups -OCH3 is 1. The molecule has 170 valence electrons. The van der Waals surface area contributed by atoms with Crippen LogP contribution in [0.2, 0.25) is 0 Å². The second-order valence-corrected chi connectivity index (χ2v) is 8.44. The van der Waals surface area contributed by atoms with Crippen LogP contribution in [-0.2, 0) is 17.8 Å². The summed E-state index contributed by atoms with van der Waals surface area (Å²) in [5, 5.41) is 5.49. The summed E-state index contributed by atoms with van der Waals surface area (Å²) >= 11 is 1.06. The lowest BCUT2D eigenvalue weighted by Crippen LogP contribution is -2.35. The van der Waals surface area contributed by atoms with Gasteiger partial charge in [-0.2, -0.15) is 0 Å². The Hall–Kier alpha value is -3.66. The number of anilines is 1. The molecule has 2 aromatic carbocycles. The summed E-state index contributed by atoms with van der Waals surface area (Å²) in [4.78, 5) is 42.3. The normalized spacial score (nSPS) is 15.0. The van der Waals surface area contributed by atoms with Gasteiger partial charge in [-0.25, -0.2) is 13.8 Å². The molecule has 1 aliphatic carbocycles. The molecule has 2 amide bonds. The van der Waals surface area contributed by atoms with Crippen molar-refractivity contribution in [2.24, 2.45) is 5.92 Å². The van der Waals surface area contributed by atoms with Gasteiger partial charge in [0.05, 0.1) is 23.6 Å². The first-order valence-electron chi connectivity index (χ1n) is 10.0. The van der Waals surface area contributed by atoms with Gasteiger partial charge < -0.3 is 10.1 Å². The van der Waals surface area contributed by atoms with E-state index >= 15 is 0 Å².